The van der Waals surface area contributed by atoms with Crippen molar-refractivity contribution in [2.45, 2.75) is 26.4 Å². The van der Waals surface area contributed by atoms with Gasteiger partial charge in [-0.1, -0.05) is 50.2 Å². The van der Waals surface area contributed by atoms with E-state index in [1.165, 1.54) is 28.4 Å². The minimum atomic E-state index is -1.05. The summed E-state index contributed by atoms with van der Waals surface area (Å²) in [6.45, 7) is 4.67. The number of aliphatic hydroxyl groups excluding tert-OH is 1. The second-order valence-electron chi connectivity index (χ2n) is 8.26. The van der Waals surface area contributed by atoms with E-state index in [1.807, 2.05) is 31.4 Å². The number of likely N-dealkylation sites (tertiary alicyclic amines) is 1. The first-order chi connectivity index (χ1) is 15.9. The van der Waals surface area contributed by atoms with E-state index in [1.54, 1.807) is 36.4 Å². The third-order valence-electron chi connectivity index (χ3n) is 5.34. The number of hydrogen-bond acceptors (Lipinski definition) is 5. The number of ether oxygens (including phenoxy) is 1. The van der Waals surface area contributed by atoms with Crippen LogP contribution in [0, 0.1) is 11.7 Å². The molecule has 1 saturated heterocycles. The molecule has 1 aliphatic heterocycles. The van der Waals surface area contributed by atoms with Gasteiger partial charge in [-0.05, 0) is 35.6 Å². The second-order valence-corrected chi connectivity index (χ2v) is 9.29. The van der Waals surface area contributed by atoms with Gasteiger partial charge in [0.2, 0.25) is 0 Å². The van der Waals surface area contributed by atoms with Crippen LogP contribution in [-0.2, 0) is 16.1 Å². The number of thiophene rings is 1. The maximum Gasteiger partial charge on any atom is 0.295 e. The molecule has 1 unspecified atom stereocenters. The predicted molar refractivity (Wildman–Crippen MR) is 125 cm³/mol. The van der Waals surface area contributed by atoms with E-state index in [9.17, 15) is 19.1 Å². The summed E-state index contributed by atoms with van der Waals surface area (Å²) < 4.78 is 20.6. The van der Waals surface area contributed by atoms with E-state index in [-0.39, 0.29) is 23.4 Å². The van der Waals surface area contributed by atoms with Gasteiger partial charge in [-0.2, -0.15) is 0 Å². The highest BCUT2D eigenvalue weighted by Gasteiger charge is 2.47. The van der Waals surface area contributed by atoms with E-state index in [2.05, 4.69) is 0 Å². The fourth-order valence-electron chi connectivity index (χ4n) is 3.79. The quantitative estimate of drug-likeness (QED) is 0.282. The Bertz CT molecular complexity index is 1200. The highest BCUT2D eigenvalue weighted by atomic mass is 32.1. The van der Waals surface area contributed by atoms with Gasteiger partial charge < -0.3 is 14.7 Å². The molecule has 0 aliphatic carbocycles. The Morgan fingerprint density at radius 3 is 2.61 bits per heavy atom. The summed E-state index contributed by atoms with van der Waals surface area (Å²) in [6, 6.07) is 15.3. The zero-order valence-corrected chi connectivity index (χ0v) is 19.1. The lowest BCUT2D eigenvalue weighted by atomic mass is 9.95. The number of aliphatic hydroxyl groups is 1. The molecular weight excluding hydrogens is 441 g/mol. The summed E-state index contributed by atoms with van der Waals surface area (Å²) >= 11 is 1.44. The van der Waals surface area contributed by atoms with E-state index < -0.39 is 23.5 Å². The Hall–Kier alpha value is -3.45. The lowest BCUT2D eigenvalue weighted by Crippen LogP contribution is -2.29. The van der Waals surface area contributed by atoms with Gasteiger partial charge in [0.1, 0.15) is 17.3 Å². The van der Waals surface area contributed by atoms with Crippen LogP contribution in [-0.4, -0.2) is 28.3 Å². The molecule has 3 aromatic rings. The lowest BCUT2D eigenvalue weighted by Gasteiger charge is -2.25. The smallest absolute Gasteiger partial charge is 0.295 e. The molecule has 4 rings (SSSR count). The number of carbonyl (C=O) groups is 2. The fourth-order valence-corrected chi connectivity index (χ4v) is 4.49. The van der Waals surface area contributed by atoms with Crippen molar-refractivity contribution in [1.29, 1.82) is 0 Å². The standard InChI is InChI=1S/C26H24FNO4S/c1-16(2)15-32-18-8-5-7-17(13-18)24(29)22-23(20-10-3-4-11-21(20)27)28(26(31)25(22)30)14-19-9-6-12-33-19/h3-13,16,23,29H,14-15H2,1-2H3/b24-22-. The maximum absolute atomic E-state index is 14.9. The van der Waals surface area contributed by atoms with Crippen molar-refractivity contribution in [3.05, 3.63) is 93.4 Å². The van der Waals surface area contributed by atoms with Crippen LogP contribution in [0.4, 0.5) is 4.39 Å². The Balaban J connectivity index is 1.81. The zero-order valence-electron chi connectivity index (χ0n) is 18.3. The number of nitrogens with zero attached hydrogens (tertiary/aromatic N) is 1. The van der Waals surface area contributed by atoms with Gasteiger partial charge in [0.05, 0.1) is 24.8 Å². The minimum Gasteiger partial charge on any atom is -0.507 e. The zero-order chi connectivity index (χ0) is 23.5. The maximum atomic E-state index is 14.9. The van der Waals surface area contributed by atoms with Gasteiger partial charge in [-0.15, -0.1) is 11.3 Å². The van der Waals surface area contributed by atoms with Crippen LogP contribution < -0.4 is 4.74 Å². The van der Waals surface area contributed by atoms with Crippen molar-refractivity contribution in [2.24, 2.45) is 5.92 Å². The predicted octanol–water partition coefficient (Wildman–Crippen LogP) is 5.54. The number of carbonyl (C=O) groups excluding carboxylic acids is 2. The van der Waals surface area contributed by atoms with Gasteiger partial charge in [0, 0.05) is 16.0 Å². The number of halogens is 1. The van der Waals surface area contributed by atoms with E-state index in [0.717, 1.165) is 4.88 Å². The van der Waals surface area contributed by atoms with Gasteiger partial charge in [0.25, 0.3) is 11.7 Å². The summed E-state index contributed by atoms with van der Waals surface area (Å²) in [7, 11) is 0. The van der Waals surface area contributed by atoms with Crippen LogP contribution in [0.5, 0.6) is 5.75 Å². The van der Waals surface area contributed by atoms with Crippen LogP contribution in [0.25, 0.3) is 5.76 Å². The van der Waals surface area contributed by atoms with Crippen LogP contribution in [0.1, 0.15) is 35.9 Å². The number of benzene rings is 2. The summed E-state index contributed by atoms with van der Waals surface area (Å²) in [5.41, 5.74) is 0.344. The molecule has 1 aromatic heterocycles. The van der Waals surface area contributed by atoms with Crippen molar-refractivity contribution in [3.8, 4) is 5.75 Å². The van der Waals surface area contributed by atoms with Crippen LogP contribution in [0.3, 0.4) is 0 Å². The number of amides is 1. The number of rotatable bonds is 7. The lowest BCUT2D eigenvalue weighted by molar-refractivity contribution is -0.140. The molecule has 0 spiro atoms. The molecule has 2 heterocycles. The molecule has 1 atom stereocenters. The van der Waals surface area contributed by atoms with Crippen molar-refractivity contribution in [2.75, 3.05) is 6.61 Å². The Labute approximate surface area is 195 Å². The highest BCUT2D eigenvalue weighted by molar-refractivity contribution is 7.09. The van der Waals surface area contributed by atoms with Gasteiger partial charge >= 0.3 is 0 Å². The summed E-state index contributed by atoms with van der Waals surface area (Å²) in [4.78, 5) is 28.3. The number of hydrogen-bond donors (Lipinski definition) is 1. The van der Waals surface area contributed by atoms with Gasteiger partial charge in [-0.25, -0.2) is 4.39 Å². The molecule has 2 aromatic carbocycles. The molecule has 1 N–H and O–H groups in total. The highest BCUT2D eigenvalue weighted by Crippen LogP contribution is 2.41. The molecule has 0 saturated carbocycles. The SMILES string of the molecule is CC(C)COc1cccc(/C(O)=C2/C(=O)C(=O)N(Cc3cccs3)C2c2ccccc2F)c1. The average Bonchev–Trinajstić information content (AvgIpc) is 3.40. The molecule has 5 nitrogen and oxygen atoms in total. The van der Waals surface area contributed by atoms with Crippen LogP contribution in [0.2, 0.25) is 0 Å². The first-order valence-corrected chi connectivity index (χ1v) is 11.5. The largest absolute Gasteiger partial charge is 0.507 e. The van der Waals surface area contributed by atoms with Crippen molar-refractivity contribution >= 4 is 28.8 Å². The molecule has 0 bridgehead atoms. The molecular formula is C26H24FNO4S. The monoisotopic (exact) mass is 465 g/mol. The Morgan fingerprint density at radius 2 is 1.91 bits per heavy atom. The van der Waals surface area contributed by atoms with Crippen molar-refractivity contribution in [3.63, 3.8) is 0 Å². The first-order valence-electron chi connectivity index (χ1n) is 10.6. The summed E-state index contributed by atoms with van der Waals surface area (Å²) in [5, 5.41) is 13.0. The van der Waals surface area contributed by atoms with E-state index in [4.69, 9.17) is 4.74 Å². The molecule has 7 heteroatoms. The third kappa shape index (κ3) is 4.68. The van der Waals surface area contributed by atoms with Crippen molar-refractivity contribution < 1.29 is 23.8 Å². The second kappa shape index (κ2) is 9.58. The number of ketones is 1. The first kappa shape index (κ1) is 22.7. The summed E-state index contributed by atoms with van der Waals surface area (Å²) in [6.07, 6.45) is 0. The molecule has 0 radical (unpaired) electrons. The van der Waals surface area contributed by atoms with Gasteiger partial charge in [0.15, 0.2) is 0 Å². The molecule has 1 fully saturated rings. The Morgan fingerprint density at radius 1 is 1.12 bits per heavy atom. The number of Topliss-reactive ketones (excluding diaryl/α,β-unsaturated/α-hetero) is 1. The summed E-state index contributed by atoms with van der Waals surface area (Å²) in [5.74, 6) is -1.68. The molecule has 1 amide bonds. The normalized spacial score (nSPS) is 17.7. The topological polar surface area (TPSA) is 66.8 Å². The van der Waals surface area contributed by atoms with Crippen molar-refractivity contribution in [1.82, 2.24) is 4.90 Å². The Kier molecular flexibility index (Phi) is 6.60. The van der Waals surface area contributed by atoms with Crippen LogP contribution in [0.15, 0.2) is 71.6 Å². The minimum absolute atomic E-state index is 0.134. The molecule has 170 valence electrons. The van der Waals surface area contributed by atoms with Crippen LogP contribution >= 0.6 is 11.3 Å². The average molecular weight is 466 g/mol. The van der Waals surface area contributed by atoms with E-state index in [0.29, 0.717) is 23.8 Å². The van der Waals surface area contributed by atoms with E-state index >= 15 is 0 Å². The molecule has 33 heavy (non-hydrogen) atoms. The molecule has 1 aliphatic rings. The third-order valence-corrected chi connectivity index (χ3v) is 6.20. The van der Waals surface area contributed by atoms with Gasteiger partial charge in [-0.3, -0.25) is 9.59 Å². The fraction of sp³-hybridized carbons (Fsp3) is 0.231.